The molecule has 0 unspecified atom stereocenters. The van der Waals surface area contributed by atoms with Crippen LogP contribution in [0.25, 0.3) is 12.2 Å². The maximum atomic E-state index is 12.5. The molecule has 31 heavy (non-hydrogen) atoms. The average molecular weight is 441 g/mol. The van der Waals surface area contributed by atoms with Gasteiger partial charge < -0.3 is 30.1 Å². The number of carbonyl (C=O) groups excluding carboxylic acids is 1. The predicted molar refractivity (Wildman–Crippen MR) is 107 cm³/mol. The number of alkyl halides is 3. The molecule has 7 nitrogen and oxygen atoms in total. The van der Waals surface area contributed by atoms with Crippen LogP contribution >= 0.6 is 0 Å². The zero-order chi connectivity index (χ0) is 23.1. The van der Waals surface area contributed by atoms with Crippen molar-refractivity contribution in [3.05, 3.63) is 59.2 Å². The molecule has 2 aromatic rings. The Morgan fingerprint density at radius 3 is 2.13 bits per heavy atom. The number of hydrogen-bond acceptors (Lipinski definition) is 6. The molecule has 1 amide bonds. The Bertz CT molecular complexity index is 900. The first-order chi connectivity index (χ1) is 14.6. The Hall–Kier alpha value is -3.08. The van der Waals surface area contributed by atoms with E-state index in [2.05, 4.69) is 10.1 Å². The maximum absolute atomic E-state index is 12.5. The van der Waals surface area contributed by atoms with Crippen molar-refractivity contribution in [3.8, 4) is 11.5 Å². The Morgan fingerprint density at radius 1 is 1.00 bits per heavy atom. The van der Waals surface area contributed by atoms with Gasteiger partial charge in [0.15, 0.2) is 0 Å². The molecule has 0 aliphatic carbocycles. The predicted octanol–water partition coefficient (Wildman–Crippen LogP) is 2.21. The van der Waals surface area contributed by atoms with Gasteiger partial charge in [-0.15, -0.1) is 13.2 Å². The summed E-state index contributed by atoms with van der Waals surface area (Å²) >= 11 is 0. The molecule has 168 valence electrons. The van der Waals surface area contributed by atoms with Gasteiger partial charge in [0.2, 0.25) is 0 Å². The molecule has 0 aliphatic rings. The second kappa shape index (κ2) is 10.3. The molecule has 0 saturated heterocycles. The van der Waals surface area contributed by atoms with Crippen LogP contribution in [-0.2, 0) is 0 Å². The standard InChI is InChI=1S/C21H22F3NO6/c1-30-18-9-6-16(19(29)25-20(11-26,12-27)13-28)10-15(18)5-2-14-3-7-17(8-4-14)31-21(22,23)24/h2-10,26-28H,11-13H2,1H3,(H,25,29)/b5-2+. The van der Waals surface area contributed by atoms with E-state index in [-0.39, 0.29) is 11.3 Å². The maximum Gasteiger partial charge on any atom is 0.573 e. The molecule has 0 saturated carbocycles. The molecule has 0 atom stereocenters. The van der Waals surface area contributed by atoms with Gasteiger partial charge in [-0.25, -0.2) is 0 Å². The van der Waals surface area contributed by atoms with Crippen LogP contribution < -0.4 is 14.8 Å². The third-order valence-electron chi connectivity index (χ3n) is 4.35. The van der Waals surface area contributed by atoms with Crippen LogP contribution in [0.15, 0.2) is 42.5 Å². The minimum atomic E-state index is -4.77. The second-order valence-electron chi connectivity index (χ2n) is 6.62. The molecule has 2 aromatic carbocycles. The van der Waals surface area contributed by atoms with Crippen molar-refractivity contribution in [2.45, 2.75) is 11.9 Å². The first-order valence-corrected chi connectivity index (χ1v) is 9.02. The number of nitrogens with one attached hydrogen (secondary N) is 1. The SMILES string of the molecule is COc1ccc(C(=O)NC(CO)(CO)CO)cc1/C=C/c1ccc(OC(F)(F)F)cc1. The van der Waals surface area contributed by atoms with Gasteiger partial charge in [0, 0.05) is 11.1 Å². The van der Waals surface area contributed by atoms with E-state index in [1.807, 2.05) is 0 Å². The number of methoxy groups -OCH3 is 1. The van der Waals surface area contributed by atoms with Crippen LogP contribution in [0.4, 0.5) is 13.2 Å². The fourth-order valence-electron chi connectivity index (χ4n) is 2.55. The number of hydrogen-bond donors (Lipinski definition) is 4. The van der Waals surface area contributed by atoms with E-state index in [0.29, 0.717) is 16.9 Å². The summed E-state index contributed by atoms with van der Waals surface area (Å²) in [5.74, 6) is -0.549. The van der Waals surface area contributed by atoms with Crippen LogP contribution in [0.5, 0.6) is 11.5 Å². The highest BCUT2D eigenvalue weighted by atomic mass is 19.4. The summed E-state index contributed by atoms with van der Waals surface area (Å²) in [5.41, 5.74) is -0.332. The molecule has 0 heterocycles. The van der Waals surface area contributed by atoms with Crippen molar-refractivity contribution in [1.82, 2.24) is 5.32 Å². The molecule has 2 rings (SSSR count). The third-order valence-corrected chi connectivity index (χ3v) is 4.35. The third kappa shape index (κ3) is 6.71. The zero-order valence-electron chi connectivity index (χ0n) is 16.5. The average Bonchev–Trinajstić information content (AvgIpc) is 2.75. The highest BCUT2D eigenvalue weighted by Gasteiger charge is 2.31. The number of rotatable bonds is 9. The van der Waals surface area contributed by atoms with Crippen molar-refractivity contribution in [2.24, 2.45) is 0 Å². The Balaban J connectivity index is 2.23. The second-order valence-corrected chi connectivity index (χ2v) is 6.62. The summed E-state index contributed by atoms with van der Waals surface area (Å²) in [5, 5.41) is 30.5. The van der Waals surface area contributed by atoms with Crippen LogP contribution in [0.3, 0.4) is 0 Å². The lowest BCUT2D eigenvalue weighted by Gasteiger charge is -2.28. The largest absolute Gasteiger partial charge is 0.573 e. The van der Waals surface area contributed by atoms with E-state index in [9.17, 15) is 33.3 Å². The number of halogens is 3. The van der Waals surface area contributed by atoms with Gasteiger partial charge in [-0.05, 0) is 35.9 Å². The zero-order valence-corrected chi connectivity index (χ0v) is 16.5. The molecule has 0 radical (unpaired) electrons. The molecule has 0 spiro atoms. The number of amides is 1. The number of aliphatic hydroxyl groups is 3. The first-order valence-electron chi connectivity index (χ1n) is 9.02. The molecule has 0 aliphatic heterocycles. The Kier molecular flexibility index (Phi) is 8.03. The summed E-state index contributed by atoms with van der Waals surface area (Å²) in [7, 11) is 1.43. The fraction of sp³-hybridized carbons (Fsp3) is 0.286. The van der Waals surface area contributed by atoms with Gasteiger partial charge in [-0.1, -0.05) is 24.3 Å². The van der Waals surface area contributed by atoms with E-state index >= 15 is 0 Å². The Morgan fingerprint density at radius 2 is 1.61 bits per heavy atom. The van der Waals surface area contributed by atoms with Crippen LogP contribution in [-0.4, -0.2) is 60.1 Å². The van der Waals surface area contributed by atoms with E-state index in [0.717, 1.165) is 0 Å². The monoisotopic (exact) mass is 441 g/mol. The lowest BCUT2D eigenvalue weighted by molar-refractivity contribution is -0.274. The summed E-state index contributed by atoms with van der Waals surface area (Å²) in [4.78, 5) is 12.5. The van der Waals surface area contributed by atoms with Crippen molar-refractivity contribution in [2.75, 3.05) is 26.9 Å². The van der Waals surface area contributed by atoms with Crippen molar-refractivity contribution in [1.29, 1.82) is 0 Å². The fourth-order valence-corrected chi connectivity index (χ4v) is 2.55. The smallest absolute Gasteiger partial charge is 0.496 e. The number of benzene rings is 2. The van der Waals surface area contributed by atoms with Crippen molar-refractivity contribution in [3.63, 3.8) is 0 Å². The lowest BCUT2D eigenvalue weighted by atomic mass is 10.0. The molecule has 10 heteroatoms. The highest BCUT2D eigenvalue weighted by Crippen LogP contribution is 2.25. The van der Waals surface area contributed by atoms with E-state index < -0.39 is 37.6 Å². The Labute approximate surface area is 176 Å². The lowest BCUT2D eigenvalue weighted by Crippen LogP contribution is -2.57. The van der Waals surface area contributed by atoms with E-state index in [1.165, 1.54) is 49.6 Å². The van der Waals surface area contributed by atoms with Gasteiger partial charge in [0.25, 0.3) is 5.91 Å². The molecular formula is C21H22F3NO6. The normalized spacial score (nSPS) is 12.1. The van der Waals surface area contributed by atoms with Crippen LogP contribution in [0.1, 0.15) is 21.5 Å². The van der Waals surface area contributed by atoms with E-state index in [1.54, 1.807) is 12.2 Å². The van der Waals surface area contributed by atoms with Crippen molar-refractivity contribution < 1.29 is 42.8 Å². The minimum Gasteiger partial charge on any atom is -0.496 e. The molecule has 0 bridgehead atoms. The summed E-state index contributed by atoms with van der Waals surface area (Å²) < 4.78 is 45.8. The van der Waals surface area contributed by atoms with Crippen LogP contribution in [0.2, 0.25) is 0 Å². The van der Waals surface area contributed by atoms with Crippen LogP contribution in [0, 0.1) is 0 Å². The quantitative estimate of drug-likeness (QED) is 0.445. The van der Waals surface area contributed by atoms with Gasteiger partial charge >= 0.3 is 6.36 Å². The molecule has 4 N–H and O–H groups in total. The summed E-state index contributed by atoms with van der Waals surface area (Å²) in [6.07, 6.45) is -1.56. The van der Waals surface area contributed by atoms with Gasteiger partial charge in [0.1, 0.15) is 17.0 Å². The minimum absolute atomic E-state index is 0.175. The summed E-state index contributed by atoms with van der Waals surface area (Å²) in [6.45, 7) is -1.99. The van der Waals surface area contributed by atoms with Gasteiger partial charge in [-0.2, -0.15) is 0 Å². The topological polar surface area (TPSA) is 108 Å². The number of ether oxygens (including phenoxy) is 2. The van der Waals surface area contributed by atoms with E-state index in [4.69, 9.17) is 4.74 Å². The molecule has 0 fully saturated rings. The molecule has 0 aromatic heterocycles. The van der Waals surface area contributed by atoms with Crippen molar-refractivity contribution >= 4 is 18.1 Å². The van der Waals surface area contributed by atoms with Gasteiger partial charge in [0.05, 0.1) is 26.9 Å². The number of aliphatic hydroxyl groups excluding tert-OH is 3. The number of carbonyl (C=O) groups is 1. The molecular weight excluding hydrogens is 419 g/mol. The first kappa shape index (κ1) is 24.2. The highest BCUT2D eigenvalue weighted by molar-refractivity contribution is 5.96. The summed E-state index contributed by atoms with van der Waals surface area (Å²) in [6, 6.07) is 9.69. The van der Waals surface area contributed by atoms with Gasteiger partial charge in [-0.3, -0.25) is 4.79 Å².